The van der Waals surface area contributed by atoms with Crippen LogP contribution in [-0.4, -0.2) is 24.5 Å². The summed E-state index contributed by atoms with van der Waals surface area (Å²) < 4.78 is 18.8. The van der Waals surface area contributed by atoms with Crippen LogP contribution in [0.2, 0.25) is 0 Å². The monoisotopic (exact) mass is 342 g/mol. The number of carbonyl (C=O) groups is 1. The molecule has 2 N–H and O–H groups in total. The molecule has 4 nitrogen and oxygen atoms in total. The molecule has 2 aromatic rings. The number of amides is 1. The van der Waals surface area contributed by atoms with Crippen LogP contribution in [0.4, 0.5) is 4.39 Å². The SMILES string of the molecule is CC1CC(NC(=O)c2cccc(COc3cccc(F)c3)c2)CCN1. The number of hydrogen-bond donors (Lipinski definition) is 2. The molecule has 1 aliphatic rings. The van der Waals surface area contributed by atoms with Crippen molar-refractivity contribution in [2.75, 3.05) is 6.54 Å². The number of piperidine rings is 1. The van der Waals surface area contributed by atoms with E-state index in [1.54, 1.807) is 18.2 Å². The Labute approximate surface area is 147 Å². The second-order valence-corrected chi connectivity index (χ2v) is 6.50. The van der Waals surface area contributed by atoms with Crippen molar-refractivity contribution in [1.82, 2.24) is 10.6 Å². The maximum absolute atomic E-state index is 13.2. The van der Waals surface area contributed by atoms with Crippen molar-refractivity contribution in [3.8, 4) is 5.75 Å². The largest absolute Gasteiger partial charge is 0.489 e. The Hall–Kier alpha value is -2.40. The molecule has 5 heteroatoms. The summed E-state index contributed by atoms with van der Waals surface area (Å²) in [6, 6.07) is 14.0. The van der Waals surface area contributed by atoms with E-state index in [9.17, 15) is 9.18 Å². The van der Waals surface area contributed by atoms with Gasteiger partial charge in [0.25, 0.3) is 5.91 Å². The molecule has 1 heterocycles. The van der Waals surface area contributed by atoms with E-state index in [0.717, 1.165) is 24.9 Å². The molecule has 0 bridgehead atoms. The molecule has 2 aromatic carbocycles. The van der Waals surface area contributed by atoms with E-state index in [0.29, 0.717) is 17.4 Å². The molecule has 1 amide bonds. The fourth-order valence-electron chi connectivity index (χ4n) is 3.06. The molecule has 25 heavy (non-hydrogen) atoms. The molecular formula is C20H23FN2O2. The highest BCUT2D eigenvalue weighted by molar-refractivity contribution is 5.94. The average molecular weight is 342 g/mol. The topological polar surface area (TPSA) is 50.4 Å². The Morgan fingerprint density at radius 2 is 2.12 bits per heavy atom. The lowest BCUT2D eigenvalue weighted by Crippen LogP contribution is -2.46. The molecular weight excluding hydrogens is 319 g/mol. The van der Waals surface area contributed by atoms with Gasteiger partial charge in [0.1, 0.15) is 18.2 Å². The Bertz CT molecular complexity index is 735. The van der Waals surface area contributed by atoms with Crippen LogP contribution >= 0.6 is 0 Å². The quantitative estimate of drug-likeness (QED) is 0.877. The molecule has 0 spiro atoms. The van der Waals surface area contributed by atoms with Crippen molar-refractivity contribution in [2.24, 2.45) is 0 Å². The van der Waals surface area contributed by atoms with Crippen LogP contribution in [0.15, 0.2) is 48.5 Å². The van der Waals surface area contributed by atoms with Gasteiger partial charge in [-0.25, -0.2) is 4.39 Å². The lowest BCUT2D eigenvalue weighted by atomic mass is 10.00. The van der Waals surface area contributed by atoms with Gasteiger partial charge in [-0.2, -0.15) is 0 Å². The van der Waals surface area contributed by atoms with Gasteiger partial charge in [-0.15, -0.1) is 0 Å². The van der Waals surface area contributed by atoms with Crippen molar-refractivity contribution in [3.63, 3.8) is 0 Å². The molecule has 1 saturated heterocycles. The number of ether oxygens (including phenoxy) is 1. The summed E-state index contributed by atoms with van der Waals surface area (Å²) in [5.74, 6) is 0.0760. The molecule has 1 aliphatic heterocycles. The smallest absolute Gasteiger partial charge is 0.251 e. The fourth-order valence-corrected chi connectivity index (χ4v) is 3.06. The third-order valence-corrected chi connectivity index (χ3v) is 4.35. The second kappa shape index (κ2) is 8.12. The minimum Gasteiger partial charge on any atom is -0.489 e. The van der Waals surface area contributed by atoms with Crippen LogP contribution in [0, 0.1) is 5.82 Å². The Morgan fingerprint density at radius 1 is 1.28 bits per heavy atom. The van der Waals surface area contributed by atoms with Crippen molar-refractivity contribution in [1.29, 1.82) is 0 Å². The van der Waals surface area contributed by atoms with E-state index in [4.69, 9.17) is 4.74 Å². The summed E-state index contributed by atoms with van der Waals surface area (Å²) in [6.45, 7) is 3.34. The van der Waals surface area contributed by atoms with E-state index < -0.39 is 0 Å². The van der Waals surface area contributed by atoms with Crippen LogP contribution in [0.25, 0.3) is 0 Å². The molecule has 0 aliphatic carbocycles. The fraction of sp³-hybridized carbons (Fsp3) is 0.350. The molecule has 2 atom stereocenters. The van der Waals surface area contributed by atoms with Crippen molar-refractivity contribution in [2.45, 2.75) is 38.5 Å². The van der Waals surface area contributed by atoms with Crippen LogP contribution < -0.4 is 15.4 Å². The summed E-state index contributed by atoms with van der Waals surface area (Å²) in [7, 11) is 0. The van der Waals surface area contributed by atoms with Gasteiger partial charge in [0.2, 0.25) is 0 Å². The second-order valence-electron chi connectivity index (χ2n) is 6.50. The zero-order valence-electron chi connectivity index (χ0n) is 14.3. The molecule has 1 fully saturated rings. The first-order chi connectivity index (χ1) is 12.1. The van der Waals surface area contributed by atoms with Gasteiger partial charge in [0.05, 0.1) is 0 Å². The lowest BCUT2D eigenvalue weighted by Gasteiger charge is -2.28. The molecule has 2 unspecified atom stereocenters. The molecule has 0 saturated carbocycles. The summed E-state index contributed by atoms with van der Waals surface area (Å²) in [4.78, 5) is 12.5. The predicted molar refractivity (Wildman–Crippen MR) is 95.1 cm³/mol. The number of carbonyl (C=O) groups excluding carboxylic acids is 1. The highest BCUT2D eigenvalue weighted by Crippen LogP contribution is 2.15. The van der Waals surface area contributed by atoms with Gasteiger partial charge >= 0.3 is 0 Å². The lowest BCUT2D eigenvalue weighted by molar-refractivity contribution is 0.0925. The molecule has 3 rings (SSSR count). The normalized spacial score (nSPS) is 20.1. The number of rotatable bonds is 5. The zero-order valence-corrected chi connectivity index (χ0v) is 14.3. The number of halogens is 1. The minimum absolute atomic E-state index is 0.0632. The van der Waals surface area contributed by atoms with Gasteiger partial charge in [-0.05, 0) is 56.1 Å². The number of hydrogen-bond acceptors (Lipinski definition) is 3. The predicted octanol–water partition coefficient (Wildman–Crippen LogP) is 3.28. The van der Waals surface area contributed by atoms with Gasteiger partial charge in [0.15, 0.2) is 0 Å². The average Bonchev–Trinajstić information content (AvgIpc) is 2.60. The van der Waals surface area contributed by atoms with Crippen molar-refractivity contribution in [3.05, 3.63) is 65.5 Å². The van der Waals surface area contributed by atoms with Gasteiger partial charge in [-0.1, -0.05) is 18.2 Å². The van der Waals surface area contributed by atoms with E-state index in [1.165, 1.54) is 12.1 Å². The number of benzene rings is 2. The highest BCUT2D eigenvalue weighted by Gasteiger charge is 2.20. The zero-order chi connectivity index (χ0) is 17.6. The standard InChI is InChI=1S/C20H23FN2O2/c1-14-10-18(8-9-22-14)23-20(24)16-5-2-4-15(11-16)13-25-19-7-3-6-17(21)12-19/h2-7,11-12,14,18,22H,8-10,13H2,1H3,(H,23,24). The third kappa shape index (κ3) is 5.03. The van der Waals surface area contributed by atoms with Crippen molar-refractivity contribution < 1.29 is 13.9 Å². The number of nitrogens with one attached hydrogen (secondary N) is 2. The van der Waals surface area contributed by atoms with E-state index in [2.05, 4.69) is 17.6 Å². The molecule has 132 valence electrons. The maximum Gasteiger partial charge on any atom is 0.251 e. The van der Waals surface area contributed by atoms with Gasteiger partial charge < -0.3 is 15.4 Å². The minimum atomic E-state index is -0.332. The maximum atomic E-state index is 13.2. The van der Waals surface area contributed by atoms with E-state index >= 15 is 0 Å². The van der Waals surface area contributed by atoms with Gasteiger partial charge in [0, 0.05) is 23.7 Å². The van der Waals surface area contributed by atoms with E-state index in [-0.39, 0.29) is 24.4 Å². The molecule has 0 radical (unpaired) electrons. The van der Waals surface area contributed by atoms with Crippen molar-refractivity contribution >= 4 is 5.91 Å². The summed E-state index contributed by atoms with van der Waals surface area (Å²) in [5, 5.41) is 6.48. The van der Waals surface area contributed by atoms with Crippen LogP contribution in [-0.2, 0) is 6.61 Å². The van der Waals surface area contributed by atoms with E-state index in [1.807, 2.05) is 18.2 Å². The first-order valence-corrected chi connectivity index (χ1v) is 8.62. The van der Waals surface area contributed by atoms with Crippen LogP contribution in [0.3, 0.4) is 0 Å². The first kappa shape index (κ1) is 17.4. The Kier molecular flexibility index (Phi) is 5.66. The highest BCUT2D eigenvalue weighted by atomic mass is 19.1. The third-order valence-electron chi connectivity index (χ3n) is 4.35. The van der Waals surface area contributed by atoms with Gasteiger partial charge in [-0.3, -0.25) is 4.79 Å². The van der Waals surface area contributed by atoms with Crippen LogP contribution in [0.1, 0.15) is 35.7 Å². The summed E-state index contributed by atoms with van der Waals surface area (Å²) in [5.41, 5.74) is 1.49. The summed E-state index contributed by atoms with van der Waals surface area (Å²) in [6.07, 6.45) is 1.88. The molecule has 0 aromatic heterocycles. The van der Waals surface area contributed by atoms with Crippen LogP contribution in [0.5, 0.6) is 5.75 Å². The Balaban J connectivity index is 1.59. The Morgan fingerprint density at radius 3 is 2.92 bits per heavy atom. The first-order valence-electron chi connectivity index (χ1n) is 8.62. The summed E-state index contributed by atoms with van der Waals surface area (Å²) >= 11 is 0.